The van der Waals surface area contributed by atoms with E-state index in [9.17, 15) is 9.46 Å². The second-order valence-electron chi connectivity index (χ2n) is 8.01. The first-order valence-corrected chi connectivity index (χ1v) is 11.0. The molecule has 2 rings (SSSR count). The molecule has 0 amide bonds. The van der Waals surface area contributed by atoms with Crippen molar-refractivity contribution in [3.05, 3.63) is 0 Å². The molecule has 3 unspecified atom stereocenters. The molecule has 4 radical (unpaired) electrons. The SMILES string of the molecule is [B][C@H]1CC(NC(C)C)[C@@H](COP(=O)(O)NC2C[C@H]([B])O[C@@H]2CC(C)C)O1. The van der Waals surface area contributed by atoms with E-state index in [0.29, 0.717) is 18.8 Å². The molecule has 3 N–H and O–H groups in total. The van der Waals surface area contributed by atoms with Gasteiger partial charge in [-0.05, 0) is 25.2 Å². The van der Waals surface area contributed by atoms with Gasteiger partial charge in [-0.25, -0.2) is 9.65 Å². The van der Waals surface area contributed by atoms with Crippen LogP contribution >= 0.6 is 7.75 Å². The van der Waals surface area contributed by atoms with Crippen LogP contribution < -0.4 is 10.4 Å². The van der Waals surface area contributed by atoms with Gasteiger partial charge in [-0.15, -0.1) is 0 Å². The lowest BCUT2D eigenvalue weighted by Crippen LogP contribution is -2.43. The van der Waals surface area contributed by atoms with Crippen molar-refractivity contribution in [2.24, 2.45) is 5.92 Å². The molecule has 0 saturated carbocycles. The maximum atomic E-state index is 12.5. The molecule has 7 nitrogen and oxygen atoms in total. The lowest BCUT2D eigenvalue weighted by Gasteiger charge is -2.26. The van der Waals surface area contributed by atoms with Gasteiger partial charge in [-0.2, -0.15) is 0 Å². The Bertz CT molecular complexity index is 499. The van der Waals surface area contributed by atoms with Gasteiger partial charge in [-0.3, -0.25) is 4.52 Å². The molecule has 2 saturated heterocycles. The van der Waals surface area contributed by atoms with Crippen LogP contribution in [0.1, 0.15) is 47.0 Å². The summed E-state index contributed by atoms with van der Waals surface area (Å²) >= 11 is 0. The minimum absolute atomic E-state index is 0.0121. The van der Waals surface area contributed by atoms with Crippen molar-refractivity contribution >= 4 is 23.4 Å². The smallest absolute Gasteiger partial charge is 0.383 e. The van der Waals surface area contributed by atoms with Gasteiger partial charge < -0.3 is 19.7 Å². The second kappa shape index (κ2) is 9.55. The number of hydrogen-bond acceptors (Lipinski definition) is 5. The monoisotopic (exact) mass is 384 g/mol. The minimum Gasteiger partial charge on any atom is -0.383 e. The van der Waals surface area contributed by atoms with E-state index in [-0.39, 0.29) is 36.9 Å². The van der Waals surface area contributed by atoms with Gasteiger partial charge in [0.05, 0.1) is 18.8 Å². The third kappa shape index (κ3) is 6.93. The van der Waals surface area contributed by atoms with Crippen molar-refractivity contribution in [2.75, 3.05) is 6.61 Å². The predicted molar refractivity (Wildman–Crippen MR) is 102 cm³/mol. The fourth-order valence-corrected chi connectivity index (χ4v) is 4.67. The number of nitrogens with one attached hydrogen (secondary N) is 2. The van der Waals surface area contributed by atoms with Crippen LogP contribution in [0, 0.1) is 5.92 Å². The highest BCUT2D eigenvalue weighted by Crippen LogP contribution is 2.41. The minimum atomic E-state index is -4.02. The van der Waals surface area contributed by atoms with E-state index in [0.717, 1.165) is 6.42 Å². The zero-order valence-electron chi connectivity index (χ0n) is 16.1. The lowest BCUT2D eigenvalue weighted by molar-refractivity contribution is 0.0344. The van der Waals surface area contributed by atoms with Gasteiger partial charge in [0.1, 0.15) is 15.7 Å². The Morgan fingerprint density at radius 2 is 1.69 bits per heavy atom. The Hall–Kier alpha value is 0.120. The third-order valence-electron chi connectivity index (χ3n) is 4.56. The molecule has 26 heavy (non-hydrogen) atoms. The largest absolute Gasteiger partial charge is 0.403 e. The first-order valence-electron chi connectivity index (χ1n) is 9.39. The molecule has 0 spiro atoms. The average Bonchev–Trinajstić information content (AvgIpc) is 2.98. The molecule has 0 aliphatic carbocycles. The summed E-state index contributed by atoms with van der Waals surface area (Å²) in [6.45, 7) is 8.17. The third-order valence-corrected chi connectivity index (χ3v) is 5.72. The van der Waals surface area contributed by atoms with E-state index < -0.39 is 19.8 Å². The Labute approximate surface area is 159 Å². The summed E-state index contributed by atoms with van der Waals surface area (Å²) in [5.41, 5.74) is 0. The molecule has 2 aliphatic heterocycles. The van der Waals surface area contributed by atoms with Crippen molar-refractivity contribution in [1.29, 1.82) is 0 Å². The highest BCUT2D eigenvalue weighted by molar-refractivity contribution is 7.50. The maximum Gasteiger partial charge on any atom is 0.403 e. The van der Waals surface area contributed by atoms with Crippen LogP contribution in [0.3, 0.4) is 0 Å². The molecule has 0 aromatic heterocycles. The van der Waals surface area contributed by atoms with Crippen molar-refractivity contribution in [1.82, 2.24) is 10.4 Å². The summed E-state index contributed by atoms with van der Waals surface area (Å²) in [5.74, 6) is 0.393. The quantitative estimate of drug-likeness (QED) is 0.405. The Kier molecular flexibility index (Phi) is 8.23. The molecule has 2 heterocycles. The van der Waals surface area contributed by atoms with Gasteiger partial charge in [-0.1, -0.05) is 27.7 Å². The standard InChI is InChI=1S/C16H31B2N2O5P/c1-9(2)5-13-12(7-16(18)24-13)20-26(21,22)23-8-14-11(19-10(3)4)6-15(17)25-14/h9-16,19H,5-8H2,1-4H3,(H2,20,21,22)/t11?,12?,13-,14-,15-,16-/m1/s1. The summed E-state index contributed by atoms with van der Waals surface area (Å²) in [7, 11) is 7.68. The van der Waals surface area contributed by atoms with Gasteiger partial charge in [0.2, 0.25) is 0 Å². The highest BCUT2D eigenvalue weighted by atomic mass is 31.2. The van der Waals surface area contributed by atoms with Crippen LogP contribution in [0.4, 0.5) is 0 Å². The Morgan fingerprint density at radius 1 is 1.12 bits per heavy atom. The second-order valence-corrected chi connectivity index (χ2v) is 9.56. The van der Waals surface area contributed by atoms with E-state index in [1.807, 2.05) is 13.8 Å². The molecule has 2 fully saturated rings. The van der Waals surface area contributed by atoms with Gasteiger partial charge >= 0.3 is 7.75 Å². The van der Waals surface area contributed by atoms with Crippen LogP contribution in [0.15, 0.2) is 0 Å². The first kappa shape index (κ1) is 22.4. The topological polar surface area (TPSA) is 89.1 Å². The summed E-state index contributed by atoms with van der Waals surface area (Å²) in [6.07, 6.45) is 1.28. The van der Waals surface area contributed by atoms with E-state index in [1.165, 1.54) is 0 Å². The fraction of sp³-hybridized carbons (Fsp3) is 1.00. The van der Waals surface area contributed by atoms with Crippen molar-refractivity contribution in [2.45, 2.75) is 89.3 Å². The molecule has 0 aromatic carbocycles. The predicted octanol–water partition coefficient (Wildman–Crippen LogP) is 1.04. The van der Waals surface area contributed by atoms with Gasteiger partial charge in [0.15, 0.2) is 0 Å². The van der Waals surface area contributed by atoms with Crippen molar-refractivity contribution < 1.29 is 23.5 Å². The molecule has 146 valence electrons. The molecule has 0 aromatic rings. The first-order chi connectivity index (χ1) is 12.1. The zero-order chi connectivity index (χ0) is 19.5. The molecular weight excluding hydrogens is 353 g/mol. The van der Waals surface area contributed by atoms with Crippen LogP contribution in [0.5, 0.6) is 0 Å². The Balaban J connectivity index is 1.88. The van der Waals surface area contributed by atoms with Gasteiger partial charge in [0, 0.05) is 30.1 Å². The van der Waals surface area contributed by atoms with Crippen LogP contribution in [-0.4, -0.2) is 69.5 Å². The van der Waals surface area contributed by atoms with E-state index in [1.54, 1.807) is 0 Å². The maximum absolute atomic E-state index is 12.5. The van der Waals surface area contributed by atoms with E-state index in [2.05, 4.69) is 24.3 Å². The highest BCUT2D eigenvalue weighted by Gasteiger charge is 2.39. The molecule has 2 aliphatic rings. The van der Waals surface area contributed by atoms with Crippen LogP contribution in [-0.2, 0) is 18.6 Å². The van der Waals surface area contributed by atoms with E-state index in [4.69, 9.17) is 29.7 Å². The molecule has 0 bridgehead atoms. The Morgan fingerprint density at radius 3 is 2.27 bits per heavy atom. The fourth-order valence-electron chi connectivity index (χ4n) is 3.55. The number of rotatable bonds is 9. The summed E-state index contributed by atoms with van der Waals surface area (Å²) in [4.78, 5) is 10.2. The van der Waals surface area contributed by atoms with E-state index >= 15 is 0 Å². The summed E-state index contributed by atoms with van der Waals surface area (Å²) in [6, 6.07) is -0.916. The number of hydrogen-bond donors (Lipinski definition) is 3. The molecule has 7 atom stereocenters. The number of ether oxygens (including phenoxy) is 2. The zero-order valence-corrected chi connectivity index (χ0v) is 17.0. The molecule has 10 heteroatoms. The van der Waals surface area contributed by atoms with Crippen LogP contribution in [0.25, 0.3) is 0 Å². The summed E-state index contributed by atoms with van der Waals surface area (Å²) < 4.78 is 29.1. The summed E-state index contributed by atoms with van der Waals surface area (Å²) in [5, 5.41) is 6.06. The van der Waals surface area contributed by atoms with Crippen LogP contribution in [0.2, 0.25) is 0 Å². The van der Waals surface area contributed by atoms with Gasteiger partial charge in [0.25, 0.3) is 0 Å². The average molecular weight is 384 g/mol. The lowest BCUT2D eigenvalue weighted by atomic mass is 9.94. The molecular formula is C16H31B2N2O5P. The van der Waals surface area contributed by atoms with Crippen molar-refractivity contribution in [3.8, 4) is 0 Å². The van der Waals surface area contributed by atoms with Crippen molar-refractivity contribution in [3.63, 3.8) is 0 Å². The normalized spacial score (nSPS) is 37.5.